The molecule has 84 valence electrons. The largest absolute Gasteiger partial charge is 0.346 e. The van der Waals surface area contributed by atoms with E-state index in [0.29, 0.717) is 5.92 Å². The van der Waals surface area contributed by atoms with Crippen LogP contribution in [-0.2, 0) is 0 Å². The van der Waals surface area contributed by atoms with E-state index in [9.17, 15) is 0 Å². The molecule has 0 radical (unpaired) electrons. The van der Waals surface area contributed by atoms with Crippen molar-refractivity contribution in [2.75, 3.05) is 13.1 Å². The van der Waals surface area contributed by atoms with Gasteiger partial charge in [-0.2, -0.15) is 0 Å². The average molecular weight is 215 g/mol. The molecule has 2 N–H and O–H groups in total. The molecule has 2 aromatic heterocycles. The highest BCUT2D eigenvalue weighted by Gasteiger charge is 2.18. The van der Waals surface area contributed by atoms with Crippen molar-refractivity contribution in [1.82, 2.24) is 15.3 Å². The number of nitrogens with zero attached hydrogens (tertiary/aromatic N) is 1. The first-order chi connectivity index (χ1) is 7.84. The van der Waals surface area contributed by atoms with E-state index in [2.05, 4.69) is 33.6 Å². The van der Waals surface area contributed by atoms with Crippen LogP contribution in [0, 0.1) is 6.92 Å². The molecule has 3 heterocycles. The van der Waals surface area contributed by atoms with Gasteiger partial charge in [0.15, 0.2) is 0 Å². The van der Waals surface area contributed by atoms with Crippen LogP contribution < -0.4 is 5.32 Å². The van der Waals surface area contributed by atoms with E-state index >= 15 is 0 Å². The van der Waals surface area contributed by atoms with Gasteiger partial charge in [0.1, 0.15) is 5.65 Å². The van der Waals surface area contributed by atoms with Gasteiger partial charge in [0.2, 0.25) is 0 Å². The lowest BCUT2D eigenvalue weighted by Crippen LogP contribution is -2.26. The van der Waals surface area contributed by atoms with E-state index in [1.54, 1.807) is 0 Å². The van der Waals surface area contributed by atoms with Crippen LogP contribution in [0.15, 0.2) is 18.3 Å². The van der Waals surface area contributed by atoms with Gasteiger partial charge in [-0.05, 0) is 56.5 Å². The number of H-pyrrole nitrogens is 1. The number of nitrogens with one attached hydrogen (secondary N) is 2. The molecule has 1 fully saturated rings. The fraction of sp³-hybridized carbons (Fsp3) is 0.462. The van der Waals surface area contributed by atoms with Crippen molar-refractivity contribution in [3.05, 3.63) is 29.6 Å². The normalized spacial score (nSPS) is 18.1. The molecule has 1 saturated heterocycles. The Bertz CT molecular complexity index is 495. The minimum Gasteiger partial charge on any atom is -0.346 e. The van der Waals surface area contributed by atoms with Crippen LogP contribution in [0.4, 0.5) is 0 Å². The van der Waals surface area contributed by atoms with Gasteiger partial charge in [0.25, 0.3) is 0 Å². The quantitative estimate of drug-likeness (QED) is 0.766. The van der Waals surface area contributed by atoms with Gasteiger partial charge in [-0.25, -0.2) is 4.98 Å². The molecule has 3 rings (SSSR count). The molecule has 0 saturated carbocycles. The third-order valence-corrected chi connectivity index (χ3v) is 3.49. The van der Waals surface area contributed by atoms with Crippen LogP contribution in [0.2, 0.25) is 0 Å². The smallest absolute Gasteiger partial charge is 0.137 e. The molecule has 3 nitrogen and oxygen atoms in total. The maximum absolute atomic E-state index is 4.52. The van der Waals surface area contributed by atoms with Gasteiger partial charge >= 0.3 is 0 Å². The van der Waals surface area contributed by atoms with Gasteiger partial charge in [-0.15, -0.1) is 0 Å². The standard InChI is InChI=1S/C13H17N3/c1-9-2-3-11-12(8-15-13(11)16-9)10-4-6-14-7-5-10/h2-3,8,10,14H,4-7H2,1H3,(H,15,16). The first kappa shape index (κ1) is 9.85. The monoisotopic (exact) mass is 215 g/mol. The highest BCUT2D eigenvalue weighted by molar-refractivity contribution is 5.80. The summed E-state index contributed by atoms with van der Waals surface area (Å²) in [4.78, 5) is 7.81. The first-order valence-corrected chi connectivity index (χ1v) is 6.00. The molecule has 2 aromatic rings. The van der Waals surface area contributed by atoms with Crippen molar-refractivity contribution < 1.29 is 0 Å². The van der Waals surface area contributed by atoms with Crippen LogP contribution in [-0.4, -0.2) is 23.1 Å². The van der Waals surface area contributed by atoms with E-state index in [1.165, 1.54) is 23.8 Å². The zero-order chi connectivity index (χ0) is 11.0. The topological polar surface area (TPSA) is 40.7 Å². The lowest BCUT2D eigenvalue weighted by atomic mass is 9.90. The molecule has 16 heavy (non-hydrogen) atoms. The van der Waals surface area contributed by atoms with Crippen LogP contribution in [0.3, 0.4) is 0 Å². The number of aromatic nitrogens is 2. The average Bonchev–Trinajstić information content (AvgIpc) is 2.73. The highest BCUT2D eigenvalue weighted by atomic mass is 14.9. The van der Waals surface area contributed by atoms with Gasteiger partial charge in [-0.1, -0.05) is 0 Å². The van der Waals surface area contributed by atoms with Crippen LogP contribution in [0.25, 0.3) is 11.0 Å². The second-order valence-corrected chi connectivity index (χ2v) is 4.62. The van der Waals surface area contributed by atoms with Crippen molar-refractivity contribution in [2.24, 2.45) is 0 Å². The summed E-state index contributed by atoms with van der Waals surface area (Å²) < 4.78 is 0. The third kappa shape index (κ3) is 1.61. The molecule has 0 bridgehead atoms. The molecule has 1 aliphatic rings. The lowest BCUT2D eigenvalue weighted by molar-refractivity contribution is 0.462. The lowest BCUT2D eigenvalue weighted by Gasteiger charge is -2.22. The summed E-state index contributed by atoms with van der Waals surface area (Å²) in [6, 6.07) is 4.30. The fourth-order valence-electron chi connectivity index (χ4n) is 2.59. The minimum absolute atomic E-state index is 0.694. The number of aryl methyl sites for hydroxylation is 1. The van der Waals surface area contributed by atoms with Crippen molar-refractivity contribution in [1.29, 1.82) is 0 Å². The number of aromatic amines is 1. The van der Waals surface area contributed by atoms with Crippen LogP contribution in [0.5, 0.6) is 0 Å². The minimum atomic E-state index is 0.694. The first-order valence-electron chi connectivity index (χ1n) is 6.00. The fourth-order valence-corrected chi connectivity index (χ4v) is 2.59. The van der Waals surface area contributed by atoms with Crippen molar-refractivity contribution in [3.8, 4) is 0 Å². The van der Waals surface area contributed by atoms with E-state index in [0.717, 1.165) is 24.4 Å². The Labute approximate surface area is 95.3 Å². The Hall–Kier alpha value is -1.35. The summed E-state index contributed by atoms with van der Waals surface area (Å²) in [7, 11) is 0. The Kier molecular flexibility index (Phi) is 2.40. The number of fused-ring (bicyclic) bond motifs is 1. The summed E-state index contributed by atoms with van der Waals surface area (Å²) in [5.74, 6) is 0.694. The van der Waals surface area contributed by atoms with Gasteiger partial charge in [0, 0.05) is 17.3 Å². The number of hydrogen-bond acceptors (Lipinski definition) is 2. The summed E-state index contributed by atoms with van der Waals surface area (Å²) in [6.07, 6.45) is 4.62. The Morgan fingerprint density at radius 2 is 2.06 bits per heavy atom. The number of piperidine rings is 1. The second kappa shape index (κ2) is 3.91. The summed E-state index contributed by atoms with van der Waals surface area (Å²) in [5, 5.41) is 4.71. The van der Waals surface area contributed by atoms with E-state index in [4.69, 9.17) is 0 Å². The molecule has 0 unspecified atom stereocenters. The predicted molar refractivity (Wildman–Crippen MR) is 65.7 cm³/mol. The maximum atomic E-state index is 4.52. The third-order valence-electron chi connectivity index (χ3n) is 3.49. The van der Waals surface area contributed by atoms with Crippen molar-refractivity contribution >= 4 is 11.0 Å². The number of hydrogen-bond donors (Lipinski definition) is 2. The Morgan fingerprint density at radius 3 is 2.88 bits per heavy atom. The highest BCUT2D eigenvalue weighted by Crippen LogP contribution is 2.30. The van der Waals surface area contributed by atoms with E-state index < -0.39 is 0 Å². The molecule has 3 heteroatoms. The van der Waals surface area contributed by atoms with Gasteiger partial charge < -0.3 is 10.3 Å². The molecule has 1 aliphatic heterocycles. The van der Waals surface area contributed by atoms with Gasteiger partial charge in [0.05, 0.1) is 0 Å². The summed E-state index contributed by atoms with van der Waals surface area (Å²) in [6.45, 7) is 4.30. The summed E-state index contributed by atoms with van der Waals surface area (Å²) >= 11 is 0. The summed E-state index contributed by atoms with van der Waals surface area (Å²) in [5.41, 5.74) is 3.56. The Balaban J connectivity index is 2.03. The van der Waals surface area contributed by atoms with E-state index in [-0.39, 0.29) is 0 Å². The number of pyridine rings is 1. The zero-order valence-electron chi connectivity index (χ0n) is 9.59. The van der Waals surface area contributed by atoms with Crippen LogP contribution >= 0.6 is 0 Å². The Morgan fingerprint density at radius 1 is 1.25 bits per heavy atom. The number of rotatable bonds is 1. The molecule has 0 aliphatic carbocycles. The van der Waals surface area contributed by atoms with E-state index in [1.807, 2.05) is 6.92 Å². The van der Waals surface area contributed by atoms with Gasteiger partial charge in [-0.3, -0.25) is 0 Å². The zero-order valence-corrected chi connectivity index (χ0v) is 9.59. The molecular weight excluding hydrogens is 198 g/mol. The molecule has 0 spiro atoms. The maximum Gasteiger partial charge on any atom is 0.137 e. The van der Waals surface area contributed by atoms with Crippen LogP contribution in [0.1, 0.15) is 30.0 Å². The predicted octanol–water partition coefficient (Wildman–Crippen LogP) is 2.34. The van der Waals surface area contributed by atoms with Crippen molar-refractivity contribution in [3.63, 3.8) is 0 Å². The molecule has 0 aromatic carbocycles. The van der Waals surface area contributed by atoms with Crippen molar-refractivity contribution in [2.45, 2.75) is 25.7 Å². The molecule has 0 amide bonds. The second-order valence-electron chi connectivity index (χ2n) is 4.62. The molecule has 0 atom stereocenters. The molecular formula is C13H17N3. The SMILES string of the molecule is Cc1ccc2c(C3CCNCC3)c[nH]c2n1.